The van der Waals surface area contributed by atoms with Gasteiger partial charge < -0.3 is 10.2 Å². The van der Waals surface area contributed by atoms with Gasteiger partial charge >= 0.3 is 0 Å². The number of anilines is 1. The average molecular weight is 445 g/mol. The Morgan fingerprint density at radius 1 is 1.27 bits per heavy atom. The molecular formula is C28H34N3O2. The van der Waals surface area contributed by atoms with Crippen LogP contribution in [0.5, 0.6) is 0 Å². The monoisotopic (exact) mass is 444 g/mol. The molecule has 1 N–H and O–H groups in total. The smallest absolute Gasteiger partial charge is 0.246 e. The van der Waals surface area contributed by atoms with Gasteiger partial charge in [0.25, 0.3) is 0 Å². The number of allylic oxidation sites excluding steroid dienone is 7. The van der Waals surface area contributed by atoms with Crippen molar-refractivity contribution in [3.05, 3.63) is 95.6 Å². The lowest BCUT2D eigenvalue weighted by Gasteiger charge is -2.17. The van der Waals surface area contributed by atoms with E-state index in [2.05, 4.69) is 35.6 Å². The summed E-state index contributed by atoms with van der Waals surface area (Å²) in [7, 11) is 0. The van der Waals surface area contributed by atoms with Gasteiger partial charge in [-0.3, -0.25) is 9.59 Å². The summed E-state index contributed by atoms with van der Waals surface area (Å²) < 4.78 is 0. The molecule has 2 aliphatic heterocycles. The van der Waals surface area contributed by atoms with Gasteiger partial charge in [0.15, 0.2) is 0 Å². The summed E-state index contributed by atoms with van der Waals surface area (Å²) >= 11 is 0. The van der Waals surface area contributed by atoms with E-state index < -0.39 is 0 Å². The van der Waals surface area contributed by atoms with Crippen LogP contribution in [-0.2, 0) is 16.0 Å². The Balaban J connectivity index is 0.00000133. The highest BCUT2D eigenvalue weighted by molar-refractivity contribution is 5.94. The number of nitrogens with one attached hydrogen (secondary N) is 1. The van der Waals surface area contributed by atoms with Crippen LogP contribution in [0.3, 0.4) is 0 Å². The minimum absolute atomic E-state index is 0. The molecule has 173 valence electrons. The fraction of sp³-hybridized carbons (Fsp3) is 0.286. The van der Waals surface area contributed by atoms with E-state index in [9.17, 15) is 9.59 Å². The second-order valence-electron chi connectivity index (χ2n) is 7.89. The molecule has 5 nitrogen and oxygen atoms in total. The zero-order chi connectivity index (χ0) is 23.8. The number of pyridine rings is 1. The quantitative estimate of drug-likeness (QED) is 0.458. The standard InChI is InChI=1S/C26H26N3O2.C2H6.H2/c1-3-20(15-18(2)21-7-8-21)22-5-4-13-29(14-12-22)25(31)11-6-19-16-23-9-10-24(30)28-26(23)27-17-19;1-2;/h3,6-8,11-12,15-17H,1-2,4-5,9-10,13-14H2,(H,27,28,30);1-2H3;1H/b11-6+,20-15+;;. The van der Waals surface area contributed by atoms with Crippen LogP contribution in [0.15, 0.2) is 78.1 Å². The lowest BCUT2D eigenvalue weighted by Crippen LogP contribution is -2.29. The van der Waals surface area contributed by atoms with Crippen LogP contribution >= 0.6 is 0 Å². The molecule has 3 aliphatic rings. The summed E-state index contributed by atoms with van der Waals surface area (Å²) in [5.41, 5.74) is 6.31. The van der Waals surface area contributed by atoms with Crippen LogP contribution in [-0.4, -0.2) is 34.8 Å². The fourth-order valence-corrected chi connectivity index (χ4v) is 3.78. The van der Waals surface area contributed by atoms with Crippen molar-refractivity contribution in [3.8, 4) is 0 Å². The molecule has 1 radical (unpaired) electrons. The summed E-state index contributed by atoms with van der Waals surface area (Å²) in [5, 5.41) is 2.77. The van der Waals surface area contributed by atoms with E-state index in [1.165, 1.54) is 11.1 Å². The third-order valence-electron chi connectivity index (χ3n) is 5.65. The maximum Gasteiger partial charge on any atom is 0.246 e. The first-order chi connectivity index (χ1) is 16.0. The van der Waals surface area contributed by atoms with E-state index in [0.29, 0.717) is 31.7 Å². The molecule has 0 saturated carbocycles. The van der Waals surface area contributed by atoms with Crippen LogP contribution in [0.25, 0.3) is 6.08 Å². The van der Waals surface area contributed by atoms with Crippen LogP contribution in [0.1, 0.15) is 45.7 Å². The third-order valence-corrected chi connectivity index (χ3v) is 5.65. The van der Waals surface area contributed by atoms with E-state index in [1.54, 1.807) is 18.3 Å². The second kappa shape index (κ2) is 11.4. The molecule has 0 bridgehead atoms. The number of aryl methyl sites for hydroxylation is 1. The number of fused-ring (bicyclic) bond motifs is 1. The molecule has 0 atom stereocenters. The number of hydrogen-bond acceptors (Lipinski definition) is 3. The summed E-state index contributed by atoms with van der Waals surface area (Å²) in [6.07, 6.45) is 18.1. The highest BCUT2D eigenvalue weighted by Gasteiger charge is 2.17. The Bertz CT molecular complexity index is 1080. The first-order valence-electron chi connectivity index (χ1n) is 11.6. The molecule has 2 amide bonds. The molecule has 0 unspecified atom stereocenters. The Morgan fingerprint density at radius 2 is 2.06 bits per heavy atom. The van der Waals surface area contributed by atoms with Gasteiger partial charge in [0.05, 0.1) is 0 Å². The largest absolute Gasteiger partial charge is 0.335 e. The Labute approximate surface area is 198 Å². The van der Waals surface area contributed by atoms with Crippen LogP contribution in [0, 0.1) is 6.42 Å². The third kappa shape index (κ3) is 6.51. The molecule has 1 aromatic rings. The number of nitrogens with zero attached hydrogens (tertiary/aromatic N) is 2. The van der Waals surface area contributed by atoms with E-state index in [-0.39, 0.29) is 13.2 Å². The summed E-state index contributed by atoms with van der Waals surface area (Å²) in [6, 6.07) is 1.98. The van der Waals surface area contributed by atoms with Crippen molar-refractivity contribution < 1.29 is 11.0 Å². The minimum atomic E-state index is -0.0187. The van der Waals surface area contributed by atoms with Gasteiger partial charge in [0.1, 0.15) is 5.82 Å². The Morgan fingerprint density at radius 3 is 2.79 bits per heavy atom. The van der Waals surface area contributed by atoms with Crippen LogP contribution in [0.4, 0.5) is 5.82 Å². The summed E-state index contributed by atoms with van der Waals surface area (Å²) in [5.74, 6) is 0.595. The molecular weight excluding hydrogens is 410 g/mol. The fourth-order valence-electron chi connectivity index (χ4n) is 3.78. The second-order valence-corrected chi connectivity index (χ2v) is 7.89. The van der Waals surface area contributed by atoms with Gasteiger partial charge in [-0.1, -0.05) is 45.2 Å². The number of amides is 2. The van der Waals surface area contributed by atoms with Crippen LogP contribution < -0.4 is 5.32 Å². The Hall–Kier alpha value is -3.47. The van der Waals surface area contributed by atoms with Crippen molar-refractivity contribution in [3.63, 3.8) is 0 Å². The van der Waals surface area contributed by atoms with E-state index >= 15 is 0 Å². The Kier molecular flexibility index (Phi) is 8.36. The van der Waals surface area contributed by atoms with Crippen molar-refractivity contribution in [2.75, 3.05) is 18.4 Å². The number of carbonyl (C=O) groups is 2. The minimum Gasteiger partial charge on any atom is -0.335 e. The lowest BCUT2D eigenvalue weighted by molar-refractivity contribution is -0.125. The van der Waals surface area contributed by atoms with Gasteiger partial charge in [-0.2, -0.15) is 0 Å². The first kappa shape index (κ1) is 24.2. The van der Waals surface area contributed by atoms with Crippen molar-refractivity contribution in [2.45, 2.75) is 39.5 Å². The van der Waals surface area contributed by atoms with Gasteiger partial charge in [-0.15, -0.1) is 0 Å². The number of hydrogen-bond donors (Lipinski definition) is 1. The number of aromatic nitrogens is 1. The maximum absolute atomic E-state index is 12.7. The predicted molar refractivity (Wildman–Crippen MR) is 137 cm³/mol. The van der Waals surface area contributed by atoms with Gasteiger partial charge in [-0.25, -0.2) is 4.98 Å². The number of rotatable bonds is 6. The van der Waals surface area contributed by atoms with Gasteiger partial charge in [0, 0.05) is 39.6 Å². The first-order valence-corrected chi connectivity index (χ1v) is 11.6. The number of carbonyl (C=O) groups excluding carboxylic acids is 2. The van der Waals surface area contributed by atoms with Crippen molar-refractivity contribution in [1.29, 1.82) is 0 Å². The van der Waals surface area contributed by atoms with Crippen molar-refractivity contribution in [2.24, 2.45) is 0 Å². The normalized spacial score (nSPS) is 17.6. The molecule has 33 heavy (non-hydrogen) atoms. The highest BCUT2D eigenvalue weighted by atomic mass is 16.2. The van der Waals surface area contributed by atoms with Crippen molar-refractivity contribution >= 4 is 23.7 Å². The SMILES string of the molecule is C=C/C(=C\C(=C)C1=C[CH]1)C1=CCN(C(=O)/C=C/c2cnc3c(c2)CCC(=O)N3)CCC1.CC.[HH]. The molecule has 5 heteroatoms. The summed E-state index contributed by atoms with van der Waals surface area (Å²) in [6.45, 7) is 13.3. The zero-order valence-corrected chi connectivity index (χ0v) is 19.6. The van der Waals surface area contributed by atoms with Gasteiger partial charge in [-0.05, 0) is 70.9 Å². The van der Waals surface area contributed by atoms with Crippen molar-refractivity contribution in [1.82, 2.24) is 9.88 Å². The van der Waals surface area contributed by atoms with Crippen LogP contribution in [0.2, 0.25) is 0 Å². The molecule has 1 aromatic heterocycles. The molecule has 0 spiro atoms. The topological polar surface area (TPSA) is 62.3 Å². The molecule has 0 saturated heterocycles. The molecule has 0 fully saturated rings. The maximum atomic E-state index is 12.7. The molecule has 1 aliphatic carbocycles. The van der Waals surface area contributed by atoms with Gasteiger partial charge in [0.2, 0.25) is 11.8 Å². The van der Waals surface area contributed by atoms with E-state index in [4.69, 9.17) is 0 Å². The summed E-state index contributed by atoms with van der Waals surface area (Å²) in [4.78, 5) is 30.4. The van der Waals surface area contributed by atoms with E-state index in [0.717, 1.165) is 35.1 Å². The molecule has 0 aromatic carbocycles. The lowest BCUT2D eigenvalue weighted by atomic mass is 9.98. The van der Waals surface area contributed by atoms with E-state index in [1.807, 2.05) is 43.4 Å². The highest BCUT2D eigenvalue weighted by Crippen LogP contribution is 2.29. The zero-order valence-electron chi connectivity index (χ0n) is 19.6. The molecule has 4 rings (SSSR count). The predicted octanol–water partition coefficient (Wildman–Crippen LogP) is 5.61. The average Bonchev–Trinajstić information content (AvgIpc) is 3.69. The molecule has 3 heterocycles.